The van der Waals surface area contributed by atoms with Crippen LogP contribution in [0.2, 0.25) is 20.1 Å². The van der Waals surface area contributed by atoms with E-state index < -0.39 is 0 Å². The van der Waals surface area contributed by atoms with E-state index in [0.717, 1.165) is 11.4 Å². The second-order valence-electron chi connectivity index (χ2n) is 10.2. The van der Waals surface area contributed by atoms with Crippen molar-refractivity contribution in [2.75, 3.05) is 0 Å². The summed E-state index contributed by atoms with van der Waals surface area (Å²) in [6, 6.07) is 24.3. The number of para-hydroxylation sites is 2. The van der Waals surface area contributed by atoms with E-state index >= 15 is 0 Å². The van der Waals surface area contributed by atoms with Gasteiger partial charge in [-0.1, -0.05) is 82.8 Å². The predicted octanol–water partition coefficient (Wildman–Crippen LogP) is 9.30. The second-order valence-corrected chi connectivity index (χ2v) is 11.9. The van der Waals surface area contributed by atoms with Gasteiger partial charge in [-0.15, -0.1) is 0 Å². The first-order valence-corrected chi connectivity index (χ1v) is 15.6. The number of benzene rings is 4. The summed E-state index contributed by atoms with van der Waals surface area (Å²) in [5.74, 6) is -0.444. The smallest absolute Gasteiger partial charge is 0.223 e. The minimum atomic E-state index is -0.176. The van der Waals surface area contributed by atoms with Crippen molar-refractivity contribution in [3.8, 4) is 34.6 Å². The average Bonchev–Trinajstić information content (AvgIpc) is 3.52. The Bertz CT molecular complexity index is 2000. The van der Waals surface area contributed by atoms with Crippen LogP contribution in [0.25, 0.3) is 11.4 Å². The summed E-state index contributed by atoms with van der Waals surface area (Å²) in [5.41, 5.74) is 3.93. The third kappa shape index (κ3) is 8.57. The number of hydrogen-bond donors (Lipinski definition) is 4. The molecule has 0 saturated carbocycles. The van der Waals surface area contributed by atoms with Gasteiger partial charge in [-0.25, -0.2) is 9.36 Å². The van der Waals surface area contributed by atoms with Gasteiger partial charge in [-0.3, -0.25) is 9.98 Å². The third-order valence-corrected chi connectivity index (χ3v) is 7.86. The third-order valence-electron chi connectivity index (χ3n) is 6.85. The largest absolute Gasteiger partial charge is 0.504 e. The maximum atomic E-state index is 10.4. The van der Waals surface area contributed by atoms with Crippen molar-refractivity contribution in [3.05, 3.63) is 128 Å². The molecule has 10 nitrogen and oxygen atoms in total. The number of aromatic hydroxyl groups is 4. The van der Waals surface area contributed by atoms with Crippen LogP contribution in [0, 0.1) is 13.8 Å². The Morgan fingerprint density at radius 2 is 0.918 bits per heavy atom. The van der Waals surface area contributed by atoms with E-state index in [1.54, 1.807) is 13.8 Å². The summed E-state index contributed by atoms with van der Waals surface area (Å²) in [4.78, 5) is 8.34. The van der Waals surface area contributed by atoms with Crippen LogP contribution >= 0.6 is 46.4 Å². The number of aromatic nitrogens is 4. The molecule has 0 aliphatic rings. The summed E-state index contributed by atoms with van der Waals surface area (Å²) in [6.45, 7) is 3.51. The predicted molar refractivity (Wildman–Crippen MR) is 191 cm³/mol. The molecule has 253 valence electrons. The Morgan fingerprint density at radius 3 is 1.27 bits per heavy atom. The molecule has 0 aliphatic carbocycles. The van der Waals surface area contributed by atoms with Gasteiger partial charge in [0.25, 0.3) is 0 Å². The number of phenols is 2. The summed E-state index contributed by atoms with van der Waals surface area (Å²) in [6.07, 6.45) is 2.83. The molecule has 0 spiro atoms. The van der Waals surface area contributed by atoms with Crippen LogP contribution < -0.4 is 0 Å². The zero-order valence-electron chi connectivity index (χ0n) is 25.6. The molecule has 0 amide bonds. The van der Waals surface area contributed by atoms with Gasteiger partial charge >= 0.3 is 0 Å². The fraction of sp³-hybridized carbons (Fsp3) is 0.0588. The van der Waals surface area contributed by atoms with Gasteiger partial charge in [-0.2, -0.15) is 10.2 Å². The molecule has 4 N–H and O–H groups in total. The minimum Gasteiger partial charge on any atom is -0.504 e. The van der Waals surface area contributed by atoms with Gasteiger partial charge in [-0.05, 0) is 62.4 Å². The van der Waals surface area contributed by atoms with Crippen molar-refractivity contribution >= 4 is 70.2 Å². The fourth-order valence-electron chi connectivity index (χ4n) is 4.42. The quantitative estimate of drug-likeness (QED) is 0.124. The van der Waals surface area contributed by atoms with Crippen LogP contribution in [0.1, 0.15) is 22.5 Å². The van der Waals surface area contributed by atoms with Crippen molar-refractivity contribution in [1.29, 1.82) is 0 Å². The Balaban J connectivity index is 0.000000216. The minimum absolute atomic E-state index is 0. The molecule has 1 radical (unpaired) electrons. The molecule has 0 saturated heterocycles. The maximum Gasteiger partial charge on any atom is 0.223 e. The Morgan fingerprint density at radius 1 is 0.571 bits per heavy atom. The first kappa shape index (κ1) is 37.3. The maximum absolute atomic E-state index is 10.4. The molecule has 2 aromatic heterocycles. The van der Waals surface area contributed by atoms with Crippen LogP contribution in [0.3, 0.4) is 0 Å². The van der Waals surface area contributed by atoms with Crippen LogP contribution in [-0.4, -0.2) is 52.4 Å². The van der Waals surface area contributed by atoms with Gasteiger partial charge in [0.05, 0.1) is 43.9 Å². The van der Waals surface area contributed by atoms with Crippen molar-refractivity contribution in [3.63, 3.8) is 0 Å². The van der Waals surface area contributed by atoms with Crippen LogP contribution in [0.15, 0.2) is 94.9 Å². The molecule has 4 aromatic carbocycles. The van der Waals surface area contributed by atoms with Crippen molar-refractivity contribution < 1.29 is 37.2 Å². The monoisotopic (exact) mass is 781 g/mol. The summed E-state index contributed by atoms with van der Waals surface area (Å²) >= 11 is 23.6. The van der Waals surface area contributed by atoms with Crippen LogP contribution in [0.4, 0.5) is 11.4 Å². The molecular weight excluding hydrogens is 757 g/mol. The number of rotatable bonds is 6. The number of phenolic OH excluding ortho intramolecular Hbond substituents is 2. The Hall–Kier alpha value is -4.49. The standard InChI is InChI=1S/2C17H13Cl2N3O2.Co/c2*1-10-13(9-20-15-8-11(18)7-14(19)16(15)23)17(24)22(21-10)12-5-3-2-4-6-12;/h2*2-9,23-24H,1H3;. The van der Waals surface area contributed by atoms with E-state index in [-0.39, 0.29) is 61.5 Å². The number of halogens is 4. The van der Waals surface area contributed by atoms with Gasteiger partial charge in [0, 0.05) is 39.3 Å². The van der Waals surface area contributed by atoms with Crippen LogP contribution in [-0.2, 0) is 16.8 Å². The van der Waals surface area contributed by atoms with Gasteiger partial charge in [0.2, 0.25) is 11.8 Å². The summed E-state index contributed by atoms with van der Waals surface area (Å²) in [5, 5.41) is 50.2. The van der Waals surface area contributed by atoms with E-state index in [1.807, 2.05) is 60.7 Å². The number of aliphatic imine (C=N–C) groups is 2. The van der Waals surface area contributed by atoms with E-state index in [1.165, 1.54) is 46.1 Å². The molecule has 0 unspecified atom stereocenters. The first-order valence-electron chi connectivity index (χ1n) is 14.1. The average molecular weight is 783 g/mol. The van der Waals surface area contributed by atoms with Gasteiger partial charge < -0.3 is 20.4 Å². The number of aryl methyl sites for hydroxylation is 2. The normalized spacial score (nSPS) is 11.1. The Labute approximate surface area is 311 Å². The number of nitrogens with zero attached hydrogens (tertiary/aromatic N) is 6. The molecule has 0 aliphatic heterocycles. The molecule has 0 bridgehead atoms. The second kappa shape index (κ2) is 16.3. The molecule has 2 heterocycles. The molecular formula is C34H26Cl4CoN6O4. The van der Waals surface area contributed by atoms with E-state index in [9.17, 15) is 20.4 Å². The molecule has 6 rings (SSSR count). The molecule has 49 heavy (non-hydrogen) atoms. The fourth-order valence-corrected chi connectivity index (χ4v) is 5.39. The first-order chi connectivity index (χ1) is 22.9. The van der Waals surface area contributed by atoms with E-state index in [4.69, 9.17) is 46.4 Å². The summed E-state index contributed by atoms with van der Waals surface area (Å²) in [7, 11) is 0. The van der Waals surface area contributed by atoms with Crippen LogP contribution in [0.5, 0.6) is 23.3 Å². The van der Waals surface area contributed by atoms with Crippen molar-refractivity contribution in [1.82, 2.24) is 19.6 Å². The van der Waals surface area contributed by atoms with Crippen molar-refractivity contribution in [2.24, 2.45) is 9.98 Å². The van der Waals surface area contributed by atoms with Gasteiger partial charge in [0.1, 0.15) is 11.4 Å². The zero-order valence-corrected chi connectivity index (χ0v) is 29.6. The van der Waals surface area contributed by atoms with Gasteiger partial charge in [0.15, 0.2) is 11.5 Å². The summed E-state index contributed by atoms with van der Waals surface area (Å²) < 4.78 is 2.84. The molecule has 6 aromatic rings. The molecule has 0 atom stereocenters. The van der Waals surface area contributed by atoms with Crippen molar-refractivity contribution in [2.45, 2.75) is 13.8 Å². The SMILES string of the molecule is Cc1nn(-c2ccccc2)c(O)c1C=Nc1cc(Cl)cc(Cl)c1O.Cc1nn(-c2ccccc2)c(O)c1C=Nc1cc(Cl)cc(Cl)c1O.[Co]. The molecule has 15 heteroatoms. The van der Waals surface area contributed by atoms with E-state index in [2.05, 4.69) is 20.2 Å². The topological polar surface area (TPSA) is 141 Å². The Kier molecular flexibility index (Phi) is 12.4. The van der Waals surface area contributed by atoms with E-state index in [0.29, 0.717) is 32.6 Å². The number of hydrogen-bond acceptors (Lipinski definition) is 8. The molecule has 0 fully saturated rings. The zero-order chi connectivity index (χ0) is 34.5.